The second-order valence-corrected chi connectivity index (χ2v) is 13.8. The number of imidazole rings is 1. The number of carbonyl (C=O) groups excluding carboxylic acids is 5. The number of nitrogens with zero attached hydrogens (tertiary/aromatic N) is 1. The number of aromatic nitrogens is 2. The minimum atomic E-state index is -1.17. The van der Waals surface area contributed by atoms with E-state index in [-0.39, 0.29) is 38.4 Å². The largest absolute Gasteiger partial charge is 0.461 e. The Hall–Kier alpha value is -6.30. The van der Waals surface area contributed by atoms with E-state index in [1.54, 1.807) is 6.20 Å². The van der Waals surface area contributed by atoms with E-state index in [9.17, 15) is 24.0 Å². The molecule has 4 N–H and O–H groups in total. The van der Waals surface area contributed by atoms with Crippen molar-refractivity contribution in [2.24, 2.45) is 11.8 Å². The number of amides is 3. The number of rotatable bonds is 19. The molecule has 4 aromatic carbocycles. The van der Waals surface area contributed by atoms with E-state index >= 15 is 0 Å². The summed E-state index contributed by atoms with van der Waals surface area (Å²) in [6.45, 7) is 3.93. The fraction of sp³-hybridized carbons (Fsp3) is 0.302. The average Bonchev–Trinajstić information content (AvgIpc) is 3.71. The summed E-state index contributed by atoms with van der Waals surface area (Å²) in [5, 5.41) is 10.4. The number of hydrogen-bond acceptors (Lipinski definition) is 8. The standard InChI is InChI=1S/C43H47N5O7/c1-29(2)20-37(34(25-49)22-40(50)54-26-30-12-5-3-6-13-30)46-42(52)39(23-35-24-44-28-45-35)47-41(51)38(48-43(53)55-27-31-14-7-4-8-15-31)21-33-18-11-17-32-16-9-10-19-36(32)33/h3-19,24-25,28-29,34,37-39H,20-23,26-27H2,1-2H3,(H,44,45)(H,46,52)(H,47,51)(H,48,53)/t34?,37?,38-,39+/m0/s1. The molecule has 0 spiro atoms. The molecular weight excluding hydrogens is 699 g/mol. The lowest BCUT2D eigenvalue weighted by atomic mass is 9.90. The van der Waals surface area contributed by atoms with Gasteiger partial charge in [0.25, 0.3) is 0 Å². The highest BCUT2D eigenvalue weighted by molar-refractivity contribution is 5.93. The third-order valence-electron chi connectivity index (χ3n) is 9.12. The molecule has 5 aromatic rings. The second kappa shape index (κ2) is 20.2. The summed E-state index contributed by atoms with van der Waals surface area (Å²) >= 11 is 0. The topological polar surface area (TPSA) is 169 Å². The van der Waals surface area contributed by atoms with E-state index in [4.69, 9.17) is 9.47 Å². The number of hydrogen-bond donors (Lipinski definition) is 4. The predicted molar refractivity (Wildman–Crippen MR) is 207 cm³/mol. The van der Waals surface area contributed by atoms with Crippen molar-refractivity contribution in [3.63, 3.8) is 0 Å². The van der Waals surface area contributed by atoms with Crippen molar-refractivity contribution >= 4 is 40.9 Å². The number of H-pyrrole nitrogens is 1. The monoisotopic (exact) mass is 745 g/mol. The van der Waals surface area contributed by atoms with Gasteiger partial charge in [-0.1, -0.05) is 117 Å². The van der Waals surface area contributed by atoms with Gasteiger partial charge in [0.05, 0.1) is 18.4 Å². The van der Waals surface area contributed by atoms with Crippen LogP contribution in [0.3, 0.4) is 0 Å². The van der Waals surface area contributed by atoms with Gasteiger partial charge in [-0.2, -0.15) is 0 Å². The van der Waals surface area contributed by atoms with Gasteiger partial charge in [-0.15, -0.1) is 0 Å². The summed E-state index contributed by atoms with van der Waals surface area (Å²) in [5.74, 6) is -2.63. The molecule has 12 heteroatoms. The number of alkyl carbamates (subject to hydrolysis) is 1. The van der Waals surface area contributed by atoms with Crippen molar-refractivity contribution in [1.29, 1.82) is 0 Å². The van der Waals surface area contributed by atoms with Crippen LogP contribution in [0.5, 0.6) is 0 Å². The Balaban J connectivity index is 1.34. The lowest BCUT2D eigenvalue weighted by molar-refractivity contribution is -0.147. The Morgan fingerprint density at radius 3 is 2.00 bits per heavy atom. The van der Waals surface area contributed by atoms with Crippen LogP contribution in [-0.4, -0.2) is 58.3 Å². The van der Waals surface area contributed by atoms with Gasteiger partial charge in [0.15, 0.2) is 0 Å². The first kappa shape index (κ1) is 39.9. The molecule has 0 saturated carbocycles. The van der Waals surface area contributed by atoms with Crippen molar-refractivity contribution in [3.05, 3.63) is 138 Å². The van der Waals surface area contributed by atoms with Crippen molar-refractivity contribution in [3.8, 4) is 0 Å². The summed E-state index contributed by atoms with van der Waals surface area (Å²) in [6, 6.07) is 28.7. The third kappa shape index (κ3) is 12.4. The molecule has 0 fully saturated rings. The van der Waals surface area contributed by atoms with E-state index in [0.29, 0.717) is 18.4 Å². The zero-order valence-electron chi connectivity index (χ0n) is 31.0. The van der Waals surface area contributed by atoms with Crippen LogP contribution in [0, 0.1) is 11.8 Å². The Labute approximate surface area is 320 Å². The fourth-order valence-electron chi connectivity index (χ4n) is 6.31. The van der Waals surface area contributed by atoms with E-state index in [2.05, 4.69) is 25.9 Å². The predicted octanol–water partition coefficient (Wildman–Crippen LogP) is 5.61. The Bertz CT molecular complexity index is 2000. The highest BCUT2D eigenvalue weighted by Crippen LogP contribution is 2.21. The van der Waals surface area contributed by atoms with E-state index in [0.717, 1.165) is 27.5 Å². The maximum Gasteiger partial charge on any atom is 0.408 e. The van der Waals surface area contributed by atoms with E-state index in [1.807, 2.05) is 117 Å². The number of aldehydes is 1. The SMILES string of the molecule is CC(C)CC(NC(=O)[C@@H](Cc1c[nH]cn1)NC(=O)[C@H](Cc1cccc2ccccc12)NC(=O)OCc1ccccc1)C(C=O)CC(=O)OCc1ccccc1. The molecule has 5 rings (SSSR count). The van der Waals surface area contributed by atoms with E-state index in [1.165, 1.54) is 6.33 Å². The molecule has 55 heavy (non-hydrogen) atoms. The number of ether oxygens (including phenoxy) is 2. The number of esters is 1. The van der Waals surface area contributed by atoms with E-state index < -0.39 is 47.9 Å². The molecule has 0 aliphatic heterocycles. The molecule has 0 aliphatic carbocycles. The zero-order chi connectivity index (χ0) is 39.0. The number of benzene rings is 4. The van der Waals surface area contributed by atoms with Crippen molar-refractivity contribution in [2.45, 2.75) is 70.9 Å². The normalized spacial score (nSPS) is 13.2. The van der Waals surface area contributed by atoms with Crippen LogP contribution in [0.4, 0.5) is 4.79 Å². The quantitative estimate of drug-likeness (QED) is 0.0625. The van der Waals surface area contributed by atoms with Crippen LogP contribution in [-0.2, 0) is 54.7 Å². The minimum Gasteiger partial charge on any atom is -0.461 e. The van der Waals surface area contributed by atoms with Gasteiger partial charge < -0.3 is 35.2 Å². The lowest BCUT2D eigenvalue weighted by Gasteiger charge is -2.28. The number of carbonyl (C=O) groups is 5. The van der Waals surface area contributed by atoms with Crippen LogP contribution in [0.1, 0.15) is 49.1 Å². The third-order valence-corrected chi connectivity index (χ3v) is 9.12. The van der Waals surface area contributed by atoms with Gasteiger partial charge in [0.2, 0.25) is 11.8 Å². The summed E-state index contributed by atoms with van der Waals surface area (Å²) in [6.07, 6.45) is 3.16. The van der Waals surface area contributed by atoms with Gasteiger partial charge in [-0.3, -0.25) is 14.4 Å². The van der Waals surface area contributed by atoms with Crippen LogP contribution in [0.25, 0.3) is 10.8 Å². The van der Waals surface area contributed by atoms with Crippen LogP contribution in [0.2, 0.25) is 0 Å². The Morgan fingerprint density at radius 2 is 1.35 bits per heavy atom. The molecule has 2 unspecified atom stereocenters. The molecule has 0 bridgehead atoms. The molecule has 1 heterocycles. The summed E-state index contributed by atoms with van der Waals surface area (Å²) < 4.78 is 10.9. The molecule has 3 amide bonds. The van der Waals surface area contributed by atoms with Gasteiger partial charge in [-0.25, -0.2) is 9.78 Å². The molecule has 1 aromatic heterocycles. The summed E-state index contributed by atoms with van der Waals surface area (Å²) in [5.41, 5.74) is 2.88. The smallest absolute Gasteiger partial charge is 0.408 e. The highest BCUT2D eigenvalue weighted by Gasteiger charge is 2.32. The first-order chi connectivity index (χ1) is 26.7. The lowest BCUT2D eigenvalue weighted by Crippen LogP contribution is -2.57. The Morgan fingerprint density at radius 1 is 0.727 bits per heavy atom. The van der Waals surface area contributed by atoms with Crippen molar-refractivity contribution in [2.75, 3.05) is 0 Å². The summed E-state index contributed by atoms with van der Waals surface area (Å²) in [4.78, 5) is 73.9. The molecule has 12 nitrogen and oxygen atoms in total. The zero-order valence-corrected chi connectivity index (χ0v) is 31.0. The summed E-state index contributed by atoms with van der Waals surface area (Å²) in [7, 11) is 0. The number of aromatic amines is 1. The maximum atomic E-state index is 14.2. The van der Waals surface area contributed by atoms with Crippen LogP contribution >= 0.6 is 0 Å². The van der Waals surface area contributed by atoms with Crippen molar-refractivity contribution < 1.29 is 33.4 Å². The molecular formula is C43H47N5O7. The number of nitrogens with one attached hydrogen (secondary N) is 4. The number of fused-ring (bicyclic) bond motifs is 1. The fourth-order valence-corrected chi connectivity index (χ4v) is 6.31. The molecule has 0 aliphatic rings. The van der Waals surface area contributed by atoms with Gasteiger partial charge in [0.1, 0.15) is 31.6 Å². The Kier molecular flexibility index (Phi) is 14.7. The minimum absolute atomic E-state index is 0.000212. The van der Waals surface area contributed by atoms with Gasteiger partial charge >= 0.3 is 12.1 Å². The van der Waals surface area contributed by atoms with Gasteiger partial charge in [-0.05, 0) is 39.8 Å². The average molecular weight is 746 g/mol. The van der Waals surface area contributed by atoms with Gasteiger partial charge in [0, 0.05) is 31.0 Å². The highest BCUT2D eigenvalue weighted by atomic mass is 16.5. The van der Waals surface area contributed by atoms with Crippen LogP contribution < -0.4 is 16.0 Å². The first-order valence-corrected chi connectivity index (χ1v) is 18.4. The maximum absolute atomic E-state index is 14.2. The van der Waals surface area contributed by atoms with Crippen LogP contribution in [0.15, 0.2) is 116 Å². The van der Waals surface area contributed by atoms with Crippen molar-refractivity contribution in [1.82, 2.24) is 25.9 Å². The second-order valence-electron chi connectivity index (χ2n) is 13.8. The molecule has 0 radical (unpaired) electrons. The molecule has 286 valence electrons. The molecule has 0 saturated heterocycles. The first-order valence-electron chi connectivity index (χ1n) is 18.4. The molecule has 4 atom stereocenters.